The largest absolute Gasteiger partial charge is 0.494 e. The molecule has 0 aliphatic carbocycles. The van der Waals surface area contributed by atoms with Crippen LogP contribution >= 0.6 is 12.4 Å². The van der Waals surface area contributed by atoms with Crippen molar-refractivity contribution in [3.8, 4) is 5.75 Å². The molecule has 0 saturated carbocycles. The van der Waals surface area contributed by atoms with Crippen molar-refractivity contribution in [1.82, 2.24) is 4.90 Å². The number of benzene rings is 1. The first kappa shape index (κ1) is 24.7. The van der Waals surface area contributed by atoms with Gasteiger partial charge >= 0.3 is 5.97 Å². The fourth-order valence-electron chi connectivity index (χ4n) is 3.39. The number of carboxylic acids is 1. The van der Waals surface area contributed by atoms with Gasteiger partial charge in [0.15, 0.2) is 0 Å². The van der Waals surface area contributed by atoms with Gasteiger partial charge in [-0.25, -0.2) is 0 Å². The topological polar surface area (TPSA) is 59.0 Å². The summed E-state index contributed by atoms with van der Waals surface area (Å²) in [6, 6.07) is 8.14. The lowest BCUT2D eigenvalue weighted by Crippen LogP contribution is -2.41. The van der Waals surface area contributed by atoms with E-state index in [1.54, 1.807) is 6.92 Å². The number of rotatable bonds is 12. The molecular formula is C22H36ClNO4. The minimum atomic E-state index is -0.745. The van der Waals surface area contributed by atoms with Crippen molar-refractivity contribution in [3.63, 3.8) is 0 Å². The highest BCUT2D eigenvalue weighted by Crippen LogP contribution is 2.25. The van der Waals surface area contributed by atoms with Gasteiger partial charge in [0.25, 0.3) is 0 Å². The predicted octanol–water partition coefficient (Wildman–Crippen LogP) is 4.94. The van der Waals surface area contributed by atoms with Gasteiger partial charge in [-0.1, -0.05) is 58.1 Å². The molecule has 1 heterocycles. The summed E-state index contributed by atoms with van der Waals surface area (Å²) in [6.45, 7) is 7.47. The number of carbonyl (C=O) groups is 1. The molecule has 5 nitrogen and oxygen atoms in total. The Kier molecular flexibility index (Phi) is 12.2. The molecule has 2 atom stereocenters. The van der Waals surface area contributed by atoms with Crippen LogP contribution in [0.25, 0.3) is 0 Å². The highest BCUT2D eigenvalue weighted by Gasteiger charge is 2.24. The number of hydrogen-bond acceptors (Lipinski definition) is 4. The Morgan fingerprint density at radius 1 is 1.21 bits per heavy atom. The number of carboxylic acid groups (broad SMARTS) is 1. The number of hydrogen-bond donors (Lipinski definition) is 1. The van der Waals surface area contributed by atoms with Gasteiger partial charge in [0.2, 0.25) is 0 Å². The maximum Gasteiger partial charge on any atom is 0.307 e. The third kappa shape index (κ3) is 8.80. The number of ether oxygens (including phenoxy) is 2. The highest BCUT2D eigenvalue weighted by molar-refractivity contribution is 5.85. The molecule has 1 aromatic rings. The lowest BCUT2D eigenvalue weighted by atomic mass is 10.1. The lowest BCUT2D eigenvalue weighted by Gasteiger charge is -2.34. The van der Waals surface area contributed by atoms with Gasteiger partial charge in [-0.05, 0) is 24.1 Å². The van der Waals surface area contributed by atoms with E-state index in [9.17, 15) is 4.79 Å². The van der Waals surface area contributed by atoms with Crippen LogP contribution in [0.4, 0.5) is 0 Å². The van der Waals surface area contributed by atoms with Crippen LogP contribution < -0.4 is 4.74 Å². The van der Waals surface area contributed by atoms with Gasteiger partial charge in [0.05, 0.1) is 25.2 Å². The Hall–Kier alpha value is -1.30. The van der Waals surface area contributed by atoms with E-state index in [4.69, 9.17) is 14.6 Å². The first-order chi connectivity index (χ1) is 13.1. The standard InChI is InChI=1S/C22H35NO4.ClH/c1-3-4-5-6-7-8-14-26-20-11-9-19(10-12-20)21-17-23(13-15-27-21)16-18(2)22(24)25;/h9-12,18,21H,3-8,13-17H2,1-2H3,(H,24,25);1H. The normalized spacial score (nSPS) is 18.3. The van der Waals surface area contributed by atoms with E-state index < -0.39 is 5.97 Å². The highest BCUT2D eigenvalue weighted by atomic mass is 35.5. The summed E-state index contributed by atoms with van der Waals surface area (Å²) < 4.78 is 11.7. The maximum atomic E-state index is 11.1. The van der Waals surface area contributed by atoms with Crippen LogP contribution in [-0.4, -0.2) is 48.8 Å². The summed E-state index contributed by atoms with van der Waals surface area (Å²) in [5, 5.41) is 9.10. The molecule has 0 radical (unpaired) electrons. The minimum Gasteiger partial charge on any atom is -0.494 e. The minimum absolute atomic E-state index is 0. The summed E-state index contributed by atoms with van der Waals surface area (Å²) >= 11 is 0. The number of halogens is 1. The summed E-state index contributed by atoms with van der Waals surface area (Å²) in [6.07, 6.45) is 7.57. The number of aliphatic carboxylic acids is 1. The fourth-order valence-corrected chi connectivity index (χ4v) is 3.39. The van der Waals surface area contributed by atoms with Crippen LogP contribution in [0.5, 0.6) is 5.75 Å². The summed E-state index contributed by atoms with van der Waals surface area (Å²) in [7, 11) is 0. The van der Waals surface area contributed by atoms with Gasteiger partial charge in [-0.2, -0.15) is 0 Å². The second-order valence-electron chi connectivity index (χ2n) is 7.54. The van der Waals surface area contributed by atoms with Gasteiger partial charge in [0.1, 0.15) is 5.75 Å². The first-order valence-electron chi connectivity index (χ1n) is 10.4. The fraction of sp³-hybridized carbons (Fsp3) is 0.682. The van der Waals surface area contributed by atoms with Gasteiger partial charge in [-0.3, -0.25) is 9.69 Å². The number of morpholine rings is 1. The third-order valence-corrected chi connectivity index (χ3v) is 5.12. The molecule has 2 rings (SSSR count). The van der Waals surface area contributed by atoms with Crippen molar-refractivity contribution < 1.29 is 19.4 Å². The second-order valence-corrected chi connectivity index (χ2v) is 7.54. The SMILES string of the molecule is CCCCCCCCOc1ccc(C2CN(CC(C)C(=O)O)CCO2)cc1.Cl. The molecule has 0 amide bonds. The van der Waals surface area contributed by atoms with Crippen molar-refractivity contribution in [2.75, 3.05) is 32.8 Å². The lowest BCUT2D eigenvalue weighted by molar-refractivity contribution is -0.142. The van der Waals surface area contributed by atoms with E-state index in [0.29, 0.717) is 13.2 Å². The summed E-state index contributed by atoms with van der Waals surface area (Å²) in [5.41, 5.74) is 1.12. The smallest absolute Gasteiger partial charge is 0.307 e. The quantitative estimate of drug-likeness (QED) is 0.491. The van der Waals surface area contributed by atoms with Crippen LogP contribution in [0.1, 0.15) is 64.0 Å². The molecule has 6 heteroatoms. The van der Waals surface area contributed by atoms with Crippen LogP contribution in [0.15, 0.2) is 24.3 Å². The van der Waals surface area contributed by atoms with Crippen LogP contribution in [0, 0.1) is 5.92 Å². The van der Waals surface area contributed by atoms with Crippen molar-refractivity contribution in [2.45, 2.75) is 58.5 Å². The molecular weight excluding hydrogens is 378 g/mol. The predicted molar refractivity (Wildman–Crippen MR) is 114 cm³/mol. The molecule has 1 aromatic carbocycles. The van der Waals surface area contributed by atoms with E-state index in [1.165, 1.54) is 32.1 Å². The molecule has 0 spiro atoms. The van der Waals surface area contributed by atoms with Gasteiger partial charge in [-0.15, -0.1) is 12.4 Å². The zero-order valence-corrected chi connectivity index (χ0v) is 18.1. The van der Waals surface area contributed by atoms with Crippen molar-refractivity contribution in [1.29, 1.82) is 0 Å². The average Bonchev–Trinajstić information content (AvgIpc) is 2.68. The molecule has 0 bridgehead atoms. The maximum absolute atomic E-state index is 11.1. The van der Waals surface area contributed by atoms with Crippen LogP contribution in [0.3, 0.4) is 0 Å². The third-order valence-electron chi connectivity index (χ3n) is 5.12. The van der Waals surface area contributed by atoms with E-state index in [1.807, 2.05) is 12.1 Å². The van der Waals surface area contributed by atoms with E-state index >= 15 is 0 Å². The average molecular weight is 414 g/mol. The van der Waals surface area contributed by atoms with Crippen molar-refractivity contribution in [2.24, 2.45) is 5.92 Å². The molecule has 1 aliphatic rings. The zero-order valence-electron chi connectivity index (χ0n) is 17.3. The van der Waals surface area contributed by atoms with Crippen molar-refractivity contribution in [3.05, 3.63) is 29.8 Å². The molecule has 1 N–H and O–H groups in total. The first-order valence-corrected chi connectivity index (χ1v) is 10.4. The Morgan fingerprint density at radius 2 is 1.89 bits per heavy atom. The molecule has 160 valence electrons. The van der Waals surface area contributed by atoms with E-state index in [2.05, 4.69) is 24.0 Å². The molecule has 2 unspecified atom stereocenters. The summed E-state index contributed by atoms with van der Waals surface area (Å²) in [4.78, 5) is 13.2. The molecule has 28 heavy (non-hydrogen) atoms. The van der Waals surface area contributed by atoms with Crippen LogP contribution in [-0.2, 0) is 9.53 Å². The van der Waals surface area contributed by atoms with Gasteiger partial charge in [0, 0.05) is 19.6 Å². The van der Waals surface area contributed by atoms with E-state index in [0.717, 1.165) is 37.4 Å². The van der Waals surface area contributed by atoms with Gasteiger partial charge < -0.3 is 14.6 Å². The molecule has 0 aromatic heterocycles. The second kappa shape index (κ2) is 13.8. The van der Waals surface area contributed by atoms with Crippen LogP contribution in [0.2, 0.25) is 0 Å². The Labute approximate surface area is 175 Å². The number of nitrogens with zero attached hydrogens (tertiary/aromatic N) is 1. The number of unbranched alkanes of at least 4 members (excludes halogenated alkanes) is 5. The molecule has 1 aliphatic heterocycles. The molecule has 1 fully saturated rings. The zero-order chi connectivity index (χ0) is 19.5. The summed E-state index contributed by atoms with van der Waals surface area (Å²) in [5.74, 6) is -0.203. The monoisotopic (exact) mass is 413 g/mol. The Bertz CT molecular complexity index is 552. The molecule has 1 saturated heterocycles. The van der Waals surface area contributed by atoms with E-state index in [-0.39, 0.29) is 24.4 Å². The Balaban J connectivity index is 0.00000392. The Morgan fingerprint density at radius 3 is 2.57 bits per heavy atom. The van der Waals surface area contributed by atoms with Crippen molar-refractivity contribution >= 4 is 18.4 Å².